The molecule has 37 heavy (non-hydrogen) atoms. The summed E-state index contributed by atoms with van der Waals surface area (Å²) in [5, 5.41) is 10.4. The summed E-state index contributed by atoms with van der Waals surface area (Å²) in [6.07, 6.45) is 5.79. The maximum absolute atomic E-state index is 12.9. The number of aryl methyl sites for hydroxylation is 2. The average Bonchev–Trinajstić information content (AvgIpc) is 3.63. The molecule has 4 aromatic heterocycles. The first-order chi connectivity index (χ1) is 17.7. The highest BCUT2D eigenvalue weighted by Gasteiger charge is 2.18. The second-order valence-corrected chi connectivity index (χ2v) is 9.86. The highest BCUT2D eigenvalue weighted by atomic mass is 32.1. The maximum Gasteiger partial charge on any atom is 0.272 e. The first kappa shape index (κ1) is 26.0. The third-order valence-corrected chi connectivity index (χ3v) is 6.62. The predicted octanol–water partition coefficient (Wildman–Crippen LogP) is 3.87. The van der Waals surface area contributed by atoms with E-state index in [0.29, 0.717) is 39.9 Å². The Bertz CT molecular complexity index is 1400. The summed E-state index contributed by atoms with van der Waals surface area (Å²) in [5.74, 6) is -0.137. The number of anilines is 2. The van der Waals surface area contributed by atoms with Crippen molar-refractivity contribution < 1.29 is 18.8 Å². The van der Waals surface area contributed by atoms with E-state index >= 15 is 0 Å². The molecule has 0 bridgehead atoms. The van der Waals surface area contributed by atoms with Gasteiger partial charge in [-0.3, -0.25) is 14.4 Å². The summed E-state index contributed by atoms with van der Waals surface area (Å²) < 4.78 is 8.68. The molecule has 10 nitrogen and oxygen atoms in total. The van der Waals surface area contributed by atoms with Crippen molar-refractivity contribution in [3.8, 4) is 11.3 Å². The van der Waals surface area contributed by atoms with Crippen molar-refractivity contribution >= 4 is 40.4 Å². The van der Waals surface area contributed by atoms with E-state index in [1.807, 2.05) is 25.5 Å². The molecule has 0 saturated carbocycles. The standard InChI is InChI=1S/C26H30N6O4S/c1-30(2)9-6-8-27-24(33)20-12-18(14-31(20)3)28-25(34)21-13-19(15-32(21)4)29-26(35)23-11-17(16-37-23)22-7-5-10-36-22/h5,7,10-16H,6,8-9H2,1-4H3,(H,27,33)(H,28,34)(H,29,35). The zero-order chi connectivity index (χ0) is 26.5. The highest BCUT2D eigenvalue weighted by molar-refractivity contribution is 7.12. The van der Waals surface area contributed by atoms with E-state index in [-0.39, 0.29) is 17.7 Å². The van der Waals surface area contributed by atoms with E-state index in [0.717, 1.165) is 18.5 Å². The first-order valence-electron chi connectivity index (χ1n) is 11.7. The monoisotopic (exact) mass is 522 g/mol. The summed E-state index contributed by atoms with van der Waals surface area (Å²) in [6.45, 7) is 1.45. The van der Waals surface area contributed by atoms with Gasteiger partial charge in [0.05, 0.1) is 22.5 Å². The minimum Gasteiger partial charge on any atom is -0.464 e. The summed E-state index contributed by atoms with van der Waals surface area (Å²) >= 11 is 1.31. The van der Waals surface area contributed by atoms with E-state index in [2.05, 4.69) is 20.9 Å². The van der Waals surface area contributed by atoms with Gasteiger partial charge in [0.25, 0.3) is 17.7 Å². The van der Waals surface area contributed by atoms with E-state index in [4.69, 9.17) is 4.42 Å². The minimum absolute atomic E-state index is 0.200. The van der Waals surface area contributed by atoms with Gasteiger partial charge in [0.2, 0.25) is 0 Å². The summed E-state index contributed by atoms with van der Waals surface area (Å²) in [5.41, 5.74) is 2.64. The number of hydrogen-bond acceptors (Lipinski definition) is 6. The Labute approximate surface area is 218 Å². The van der Waals surface area contributed by atoms with Crippen molar-refractivity contribution in [1.82, 2.24) is 19.4 Å². The maximum atomic E-state index is 12.9. The molecule has 0 unspecified atom stereocenters. The first-order valence-corrected chi connectivity index (χ1v) is 12.6. The molecule has 11 heteroatoms. The fraction of sp³-hybridized carbons (Fsp3) is 0.269. The molecule has 0 aliphatic heterocycles. The van der Waals surface area contributed by atoms with E-state index in [1.165, 1.54) is 11.3 Å². The number of hydrogen-bond donors (Lipinski definition) is 3. The van der Waals surface area contributed by atoms with Gasteiger partial charge in [-0.25, -0.2) is 0 Å². The number of thiophene rings is 1. The summed E-state index contributed by atoms with van der Waals surface area (Å²) in [7, 11) is 7.45. The molecule has 0 aromatic carbocycles. The lowest BCUT2D eigenvalue weighted by atomic mass is 10.2. The molecule has 0 aliphatic carbocycles. The lowest BCUT2D eigenvalue weighted by Gasteiger charge is -2.10. The Morgan fingerprint density at radius 2 is 1.59 bits per heavy atom. The highest BCUT2D eigenvalue weighted by Crippen LogP contribution is 2.27. The second kappa shape index (κ2) is 11.3. The van der Waals surface area contributed by atoms with Crippen LogP contribution in [0, 0.1) is 0 Å². The van der Waals surface area contributed by atoms with Crippen LogP contribution in [-0.2, 0) is 14.1 Å². The number of amides is 3. The van der Waals surface area contributed by atoms with Gasteiger partial charge in [0, 0.05) is 44.0 Å². The minimum atomic E-state index is -0.359. The van der Waals surface area contributed by atoms with Crippen LogP contribution >= 0.6 is 11.3 Å². The zero-order valence-corrected chi connectivity index (χ0v) is 22.0. The van der Waals surface area contributed by atoms with Gasteiger partial charge < -0.3 is 34.4 Å². The van der Waals surface area contributed by atoms with Gasteiger partial charge >= 0.3 is 0 Å². The fourth-order valence-corrected chi connectivity index (χ4v) is 4.61. The molecular weight excluding hydrogens is 492 g/mol. The van der Waals surface area contributed by atoms with Crippen molar-refractivity contribution in [3.05, 3.63) is 70.6 Å². The molecular formula is C26H30N6O4S. The second-order valence-electron chi connectivity index (χ2n) is 8.95. The largest absolute Gasteiger partial charge is 0.464 e. The van der Waals surface area contributed by atoms with Gasteiger partial charge in [-0.1, -0.05) is 0 Å². The van der Waals surface area contributed by atoms with E-state index in [9.17, 15) is 14.4 Å². The SMILES string of the molecule is CN(C)CCCNC(=O)c1cc(NC(=O)c2cc(NC(=O)c3cc(-c4ccco4)cs3)cn2C)cn1C. The lowest BCUT2D eigenvalue weighted by molar-refractivity contribution is 0.0942. The quantitative estimate of drug-likeness (QED) is 0.274. The molecule has 0 radical (unpaired) electrons. The fourth-order valence-electron chi connectivity index (χ4n) is 3.82. The normalized spacial score (nSPS) is 11.1. The van der Waals surface area contributed by atoms with E-state index in [1.54, 1.807) is 66.2 Å². The van der Waals surface area contributed by atoms with Crippen LogP contribution in [0.5, 0.6) is 0 Å². The van der Waals surface area contributed by atoms with Crippen LogP contribution in [0.1, 0.15) is 37.1 Å². The number of furan rings is 1. The molecule has 194 valence electrons. The summed E-state index contributed by atoms with van der Waals surface area (Å²) in [6, 6.07) is 8.64. The molecule has 4 rings (SSSR count). The molecule has 3 amide bonds. The van der Waals surface area contributed by atoms with Crippen LogP contribution in [-0.4, -0.2) is 58.9 Å². The van der Waals surface area contributed by atoms with Gasteiger partial charge in [-0.2, -0.15) is 0 Å². The Balaban J connectivity index is 1.36. The number of nitrogens with zero attached hydrogens (tertiary/aromatic N) is 3. The Morgan fingerprint density at radius 1 is 0.946 bits per heavy atom. The number of rotatable bonds is 10. The van der Waals surface area contributed by atoms with Gasteiger partial charge in [0.1, 0.15) is 17.1 Å². The smallest absolute Gasteiger partial charge is 0.272 e. The third kappa shape index (κ3) is 6.38. The van der Waals surface area contributed by atoms with Crippen LogP contribution in [0.25, 0.3) is 11.3 Å². The summed E-state index contributed by atoms with van der Waals surface area (Å²) in [4.78, 5) is 40.8. The van der Waals surface area contributed by atoms with Gasteiger partial charge in [-0.05, 0) is 57.4 Å². The lowest BCUT2D eigenvalue weighted by Crippen LogP contribution is -2.28. The number of carbonyl (C=O) groups excluding carboxylic acids is 3. The van der Waals surface area contributed by atoms with Crippen molar-refractivity contribution in [2.75, 3.05) is 37.8 Å². The van der Waals surface area contributed by atoms with Crippen LogP contribution in [0.3, 0.4) is 0 Å². The number of aromatic nitrogens is 2. The molecule has 0 aliphatic rings. The van der Waals surface area contributed by atoms with E-state index < -0.39 is 0 Å². The zero-order valence-electron chi connectivity index (χ0n) is 21.2. The average molecular weight is 523 g/mol. The third-order valence-electron chi connectivity index (χ3n) is 5.69. The molecule has 0 spiro atoms. The van der Waals surface area contributed by atoms with Crippen molar-refractivity contribution in [2.24, 2.45) is 14.1 Å². The van der Waals surface area contributed by atoms with Crippen LogP contribution in [0.2, 0.25) is 0 Å². The molecule has 4 aromatic rings. The number of nitrogens with one attached hydrogen (secondary N) is 3. The topological polar surface area (TPSA) is 114 Å². The van der Waals surface area contributed by atoms with Crippen LogP contribution in [0.15, 0.2) is 58.8 Å². The molecule has 0 saturated heterocycles. The Kier molecular flexibility index (Phi) is 7.95. The van der Waals surface area contributed by atoms with Gasteiger partial charge in [-0.15, -0.1) is 11.3 Å². The van der Waals surface area contributed by atoms with Crippen molar-refractivity contribution in [1.29, 1.82) is 0 Å². The molecule has 0 fully saturated rings. The predicted molar refractivity (Wildman–Crippen MR) is 144 cm³/mol. The van der Waals surface area contributed by atoms with Gasteiger partial charge in [0.15, 0.2) is 0 Å². The number of carbonyl (C=O) groups is 3. The molecule has 0 atom stereocenters. The van der Waals surface area contributed by atoms with Crippen LogP contribution < -0.4 is 16.0 Å². The molecule has 3 N–H and O–H groups in total. The Morgan fingerprint density at radius 3 is 2.22 bits per heavy atom. The molecule has 4 heterocycles. The van der Waals surface area contributed by atoms with Crippen LogP contribution in [0.4, 0.5) is 11.4 Å². The van der Waals surface area contributed by atoms with Crippen molar-refractivity contribution in [2.45, 2.75) is 6.42 Å². The van der Waals surface area contributed by atoms with Crippen molar-refractivity contribution in [3.63, 3.8) is 0 Å². The Hall–Kier alpha value is -4.09.